The molecular formula is C15H26N4. The van der Waals surface area contributed by atoms with E-state index in [4.69, 9.17) is 5.84 Å². The first-order chi connectivity index (χ1) is 9.15. The zero-order valence-electron chi connectivity index (χ0n) is 12.4. The fraction of sp³-hybridized carbons (Fsp3) is 0.667. The maximum Gasteiger partial charge on any atom is 0.0706 e. The highest BCUT2D eigenvalue weighted by Gasteiger charge is 2.22. The SMILES string of the molecule is Cc1nn(C)c(C)c1C(NN)C1=CCCCCCC1. The first-order valence-electron chi connectivity index (χ1n) is 7.30. The van der Waals surface area contributed by atoms with Crippen LogP contribution in [-0.4, -0.2) is 9.78 Å². The van der Waals surface area contributed by atoms with Gasteiger partial charge in [-0.15, -0.1) is 0 Å². The van der Waals surface area contributed by atoms with E-state index < -0.39 is 0 Å². The Kier molecular flexibility index (Phi) is 4.77. The van der Waals surface area contributed by atoms with E-state index in [2.05, 4.69) is 30.4 Å². The van der Waals surface area contributed by atoms with Gasteiger partial charge in [0.2, 0.25) is 0 Å². The zero-order chi connectivity index (χ0) is 13.8. The molecule has 0 radical (unpaired) electrons. The molecule has 1 atom stereocenters. The minimum atomic E-state index is 0.117. The monoisotopic (exact) mass is 262 g/mol. The molecule has 1 heterocycles. The third kappa shape index (κ3) is 3.07. The van der Waals surface area contributed by atoms with Gasteiger partial charge in [0.15, 0.2) is 0 Å². The summed E-state index contributed by atoms with van der Waals surface area (Å²) in [5.74, 6) is 5.84. The number of hydrogen-bond acceptors (Lipinski definition) is 3. The Hall–Kier alpha value is -1.13. The molecule has 0 spiro atoms. The van der Waals surface area contributed by atoms with Gasteiger partial charge in [0.05, 0.1) is 11.7 Å². The number of aromatic nitrogens is 2. The largest absolute Gasteiger partial charge is 0.272 e. The van der Waals surface area contributed by atoms with Crippen LogP contribution < -0.4 is 11.3 Å². The lowest BCUT2D eigenvalue weighted by atomic mass is 9.90. The molecule has 0 amide bonds. The number of aryl methyl sites for hydroxylation is 2. The zero-order valence-corrected chi connectivity index (χ0v) is 12.4. The molecule has 1 aliphatic carbocycles. The van der Waals surface area contributed by atoms with Crippen LogP contribution in [0.25, 0.3) is 0 Å². The number of nitrogens with zero attached hydrogens (tertiary/aromatic N) is 2. The maximum absolute atomic E-state index is 5.84. The molecule has 1 aromatic heterocycles. The van der Waals surface area contributed by atoms with Crippen LogP contribution >= 0.6 is 0 Å². The van der Waals surface area contributed by atoms with Crippen LogP contribution in [0, 0.1) is 13.8 Å². The number of rotatable bonds is 3. The van der Waals surface area contributed by atoms with Gasteiger partial charge in [-0.1, -0.05) is 24.5 Å². The van der Waals surface area contributed by atoms with Gasteiger partial charge in [0, 0.05) is 18.3 Å². The standard InChI is InChI=1S/C15H26N4/c1-11-14(12(2)19(3)18-11)15(17-16)13-9-7-5-4-6-8-10-13/h9,15,17H,4-8,10,16H2,1-3H3. The number of hydrogen-bond donors (Lipinski definition) is 2. The average molecular weight is 262 g/mol. The lowest BCUT2D eigenvalue weighted by Gasteiger charge is -2.22. The minimum Gasteiger partial charge on any atom is -0.272 e. The molecule has 0 aromatic carbocycles. The van der Waals surface area contributed by atoms with E-state index in [0.29, 0.717) is 0 Å². The Balaban J connectivity index is 2.32. The topological polar surface area (TPSA) is 55.9 Å². The lowest BCUT2D eigenvalue weighted by molar-refractivity contribution is 0.552. The number of allylic oxidation sites excluding steroid dienone is 1. The molecule has 0 saturated carbocycles. The molecule has 2 rings (SSSR count). The van der Waals surface area contributed by atoms with Gasteiger partial charge in [-0.25, -0.2) is 5.43 Å². The number of nitrogens with two attached hydrogens (primary N) is 1. The summed E-state index contributed by atoms with van der Waals surface area (Å²) in [6.45, 7) is 4.18. The molecule has 1 unspecified atom stereocenters. The van der Waals surface area contributed by atoms with E-state index in [9.17, 15) is 0 Å². The predicted octanol–water partition coefficient (Wildman–Crippen LogP) is 2.82. The Morgan fingerprint density at radius 3 is 2.63 bits per heavy atom. The van der Waals surface area contributed by atoms with E-state index in [1.807, 2.05) is 11.7 Å². The second kappa shape index (κ2) is 6.35. The van der Waals surface area contributed by atoms with Crippen LogP contribution in [0.3, 0.4) is 0 Å². The van der Waals surface area contributed by atoms with Crippen LogP contribution in [0.5, 0.6) is 0 Å². The van der Waals surface area contributed by atoms with E-state index in [1.165, 1.54) is 48.9 Å². The molecule has 0 saturated heterocycles. The summed E-state index contributed by atoms with van der Waals surface area (Å²) in [6, 6.07) is 0.117. The van der Waals surface area contributed by atoms with Gasteiger partial charge < -0.3 is 0 Å². The molecule has 106 valence electrons. The van der Waals surface area contributed by atoms with Crippen molar-refractivity contribution in [1.82, 2.24) is 15.2 Å². The predicted molar refractivity (Wildman–Crippen MR) is 78.5 cm³/mol. The Bertz CT molecular complexity index is 459. The average Bonchev–Trinajstić information content (AvgIpc) is 2.58. The molecule has 1 aromatic rings. The molecule has 0 fully saturated rings. The molecule has 0 bridgehead atoms. The molecule has 19 heavy (non-hydrogen) atoms. The Morgan fingerprint density at radius 2 is 2.00 bits per heavy atom. The van der Waals surface area contributed by atoms with E-state index in [0.717, 1.165) is 12.1 Å². The highest BCUT2D eigenvalue weighted by molar-refractivity contribution is 5.35. The first kappa shape index (κ1) is 14.3. The summed E-state index contributed by atoms with van der Waals surface area (Å²) in [4.78, 5) is 0. The second-order valence-electron chi connectivity index (χ2n) is 5.54. The summed E-state index contributed by atoms with van der Waals surface area (Å²) in [6.07, 6.45) is 9.95. The fourth-order valence-electron chi connectivity index (χ4n) is 3.06. The highest BCUT2D eigenvalue weighted by atomic mass is 15.3. The van der Waals surface area contributed by atoms with Crippen molar-refractivity contribution in [1.29, 1.82) is 0 Å². The van der Waals surface area contributed by atoms with Crippen molar-refractivity contribution in [2.45, 2.75) is 58.4 Å². The van der Waals surface area contributed by atoms with Gasteiger partial charge in [0.25, 0.3) is 0 Å². The third-order valence-corrected chi connectivity index (χ3v) is 4.22. The van der Waals surface area contributed by atoms with Crippen LogP contribution in [-0.2, 0) is 7.05 Å². The molecular weight excluding hydrogens is 236 g/mol. The van der Waals surface area contributed by atoms with Crippen molar-refractivity contribution < 1.29 is 0 Å². The smallest absolute Gasteiger partial charge is 0.0706 e. The summed E-state index contributed by atoms with van der Waals surface area (Å²) >= 11 is 0. The summed E-state index contributed by atoms with van der Waals surface area (Å²) in [5, 5.41) is 4.51. The van der Waals surface area contributed by atoms with Crippen molar-refractivity contribution in [2.24, 2.45) is 12.9 Å². The molecule has 4 nitrogen and oxygen atoms in total. The quantitative estimate of drug-likeness (QED) is 0.500. The molecule has 4 heteroatoms. The first-order valence-corrected chi connectivity index (χ1v) is 7.30. The summed E-state index contributed by atoms with van der Waals surface area (Å²) in [7, 11) is 1.99. The second-order valence-corrected chi connectivity index (χ2v) is 5.54. The summed E-state index contributed by atoms with van der Waals surface area (Å²) in [5.41, 5.74) is 7.96. The van der Waals surface area contributed by atoms with Crippen molar-refractivity contribution in [3.63, 3.8) is 0 Å². The number of hydrazine groups is 1. The molecule has 0 aliphatic heterocycles. The normalized spacial score (nSPS) is 18.6. The maximum atomic E-state index is 5.84. The lowest BCUT2D eigenvalue weighted by Crippen LogP contribution is -2.30. The van der Waals surface area contributed by atoms with Gasteiger partial charge in [-0.05, 0) is 39.5 Å². The summed E-state index contributed by atoms with van der Waals surface area (Å²) < 4.78 is 1.94. The van der Waals surface area contributed by atoms with Gasteiger partial charge in [-0.3, -0.25) is 10.5 Å². The van der Waals surface area contributed by atoms with Crippen LogP contribution in [0.1, 0.15) is 61.5 Å². The third-order valence-electron chi connectivity index (χ3n) is 4.22. The number of nitrogens with one attached hydrogen (secondary N) is 1. The van der Waals surface area contributed by atoms with Crippen molar-refractivity contribution in [3.8, 4) is 0 Å². The highest BCUT2D eigenvalue weighted by Crippen LogP contribution is 2.31. The van der Waals surface area contributed by atoms with Crippen LogP contribution in [0.2, 0.25) is 0 Å². The Labute approximate surface area is 116 Å². The molecule has 3 N–H and O–H groups in total. The van der Waals surface area contributed by atoms with E-state index >= 15 is 0 Å². The van der Waals surface area contributed by atoms with Crippen molar-refractivity contribution in [2.75, 3.05) is 0 Å². The van der Waals surface area contributed by atoms with E-state index in [-0.39, 0.29) is 6.04 Å². The van der Waals surface area contributed by atoms with Gasteiger partial charge >= 0.3 is 0 Å². The van der Waals surface area contributed by atoms with E-state index in [1.54, 1.807) is 0 Å². The van der Waals surface area contributed by atoms with Crippen LogP contribution in [0.15, 0.2) is 11.6 Å². The fourth-order valence-corrected chi connectivity index (χ4v) is 3.06. The van der Waals surface area contributed by atoms with Crippen molar-refractivity contribution in [3.05, 3.63) is 28.6 Å². The van der Waals surface area contributed by atoms with Gasteiger partial charge in [0.1, 0.15) is 0 Å². The minimum absolute atomic E-state index is 0.117. The van der Waals surface area contributed by atoms with Gasteiger partial charge in [-0.2, -0.15) is 5.10 Å². The molecule has 1 aliphatic rings. The van der Waals surface area contributed by atoms with Crippen LogP contribution in [0.4, 0.5) is 0 Å². The Morgan fingerprint density at radius 1 is 1.26 bits per heavy atom. The van der Waals surface area contributed by atoms with Crippen molar-refractivity contribution >= 4 is 0 Å².